The van der Waals surface area contributed by atoms with Crippen LogP contribution in [0.5, 0.6) is 0 Å². The van der Waals surface area contributed by atoms with E-state index in [0.717, 1.165) is 25.9 Å². The van der Waals surface area contributed by atoms with Crippen molar-refractivity contribution in [3.05, 3.63) is 6.33 Å². The summed E-state index contributed by atoms with van der Waals surface area (Å²) in [6.45, 7) is 4.84. The van der Waals surface area contributed by atoms with Gasteiger partial charge in [0.15, 0.2) is 0 Å². The smallest absolute Gasteiger partial charge is 0.248 e. The number of amides is 2. The van der Waals surface area contributed by atoms with E-state index in [4.69, 9.17) is 4.74 Å². The summed E-state index contributed by atoms with van der Waals surface area (Å²) in [5.74, 6) is 0.0117. The number of morpholine rings is 1. The van der Waals surface area contributed by atoms with Gasteiger partial charge in [-0.2, -0.15) is 0 Å². The van der Waals surface area contributed by atoms with Crippen LogP contribution < -0.4 is 10.6 Å². The lowest BCUT2D eigenvalue weighted by Gasteiger charge is -2.28. The molecular weight excluding hydrogens is 324 g/mol. The van der Waals surface area contributed by atoms with Crippen molar-refractivity contribution in [3.8, 4) is 0 Å². The van der Waals surface area contributed by atoms with Crippen molar-refractivity contribution in [2.45, 2.75) is 51.3 Å². The number of carbonyl (C=O) groups is 2. The highest BCUT2D eigenvalue weighted by atomic mass is 16.5. The molecule has 0 unspecified atom stereocenters. The highest BCUT2D eigenvalue weighted by molar-refractivity contribution is 5.93. The third-order valence-corrected chi connectivity index (χ3v) is 4.63. The van der Waals surface area contributed by atoms with Gasteiger partial charge < -0.3 is 15.0 Å². The fourth-order valence-corrected chi connectivity index (χ4v) is 3.20. The molecule has 9 heteroatoms. The maximum atomic E-state index is 12.4. The fourth-order valence-electron chi connectivity index (χ4n) is 3.20. The number of aromatic nitrogens is 3. The van der Waals surface area contributed by atoms with Crippen molar-refractivity contribution < 1.29 is 14.3 Å². The summed E-state index contributed by atoms with van der Waals surface area (Å²) in [6, 6.07) is -0.431. The van der Waals surface area contributed by atoms with Gasteiger partial charge in [-0.1, -0.05) is 12.8 Å². The molecule has 25 heavy (non-hydrogen) atoms. The molecule has 2 saturated heterocycles. The van der Waals surface area contributed by atoms with Gasteiger partial charge in [-0.05, 0) is 19.8 Å². The molecule has 2 N–H and O–H groups in total. The average Bonchev–Trinajstić information content (AvgIpc) is 2.86. The van der Waals surface area contributed by atoms with Crippen molar-refractivity contribution in [3.63, 3.8) is 0 Å². The Bertz CT molecular complexity index is 596. The first kappa shape index (κ1) is 17.8. The van der Waals surface area contributed by atoms with Crippen LogP contribution in [0.3, 0.4) is 0 Å². The van der Waals surface area contributed by atoms with Gasteiger partial charge in [0.25, 0.3) is 0 Å². The Balaban J connectivity index is 1.53. The maximum Gasteiger partial charge on any atom is 0.248 e. The number of carbonyl (C=O) groups excluding carboxylic acids is 2. The molecular formula is C16H26N6O3. The van der Waals surface area contributed by atoms with Gasteiger partial charge in [0.2, 0.25) is 17.8 Å². The fraction of sp³-hybridized carbons (Fsp3) is 0.750. The van der Waals surface area contributed by atoms with E-state index >= 15 is 0 Å². The summed E-state index contributed by atoms with van der Waals surface area (Å²) in [4.78, 5) is 30.6. The van der Waals surface area contributed by atoms with Crippen molar-refractivity contribution >= 4 is 17.8 Å². The van der Waals surface area contributed by atoms with Gasteiger partial charge in [0, 0.05) is 19.6 Å². The van der Waals surface area contributed by atoms with Gasteiger partial charge in [-0.25, -0.2) is 9.67 Å². The highest BCUT2D eigenvalue weighted by Crippen LogP contribution is 2.11. The molecule has 0 spiro atoms. The van der Waals surface area contributed by atoms with E-state index in [1.54, 1.807) is 0 Å². The minimum Gasteiger partial charge on any atom is -0.375 e. The maximum absolute atomic E-state index is 12.4. The standard InChI is InChI=1S/C16H26N6O3/c1-12-14(17-6-9-25-12)15(24)19-16-18-11-22(20-16)10-13(23)21-7-4-2-3-5-8-21/h11-12,14,17H,2-10H2,1H3,(H,19,20,24)/t12-,14+/m1/s1. The summed E-state index contributed by atoms with van der Waals surface area (Å²) in [7, 11) is 0. The number of rotatable bonds is 4. The predicted octanol–water partition coefficient (Wildman–Crippen LogP) is -0.00390. The average molecular weight is 350 g/mol. The molecule has 2 atom stereocenters. The van der Waals surface area contributed by atoms with E-state index in [-0.39, 0.29) is 30.4 Å². The molecule has 0 bridgehead atoms. The minimum absolute atomic E-state index is 0.0423. The summed E-state index contributed by atoms with van der Waals surface area (Å²) < 4.78 is 6.93. The number of nitrogens with zero attached hydrogens (tertiary/aromatic N) is 4. The summed E-state index contributed by atoms with van der Waals surface area (Å²) in [5, 5.41) is 9.98. The molecule has 0 saturated carbocycles. The number of nitrogens with one attached hydrogen (secondary N) is 2. The van der Waals surface area contributed by atoms with E-state index in [2.05, 4.69) is 20.7 Å². The normalized spacial score (nSPS) is 24.6. The van der Waals surface area contributed by atoms with Crippen molar-refractivity contribution in [1.29, 1.82) is 0 Å². The molecule has 0 aliphatic carbocycles. The third kappa shape index (κ3) is 4.76. The lowest BCUT2D eigenvalue weighted by molar-refractivity contribution is -0.132. The number of anilines is 1. The largest absolute Gasteiger partial charge is 0.375 e. The van der Waals surface area contributed by atoms with Crippen LogP contribution in [-0.4, -0.2) is 69.9 Å². The molecule has 1 aromatic rings. The lowest BCUT2D eigenvalue weighted by atomic mass is 10.1. The Hall–Kier alpha value is -2.00. The van der Waals surface area contributed by atoms with Gasteiger partial charge in [0.05, 0.1) is 12.7 Å². The highest BCUT2D eigenvalue weighted by Gasteiger charge is 2.29. The van der Waals surface area contributed by atoms with Gasteiger partial charge in [-0.3, -0.25) is 14.9 Å². The monoisotopic (exact) mass is 350 g/mol. The third-order valence-electron chi connectivity index (χ3n) is 4.63. The molecule has 2 aliphatic heterocycles. The molecule has 2 amide bonds. The second kappa shape index (κ2) is 8.39. The van der Waals surface area contributed by atoms with Crippen LogP contribution in [-0.2, 0) is 20.9 Å². The molecule has 2 fully saturated rings. The summed E-state index contributed by atoms with van der Waals surface area (Å²) in [6.07, 6.45) is 5.74. The molecule has 3 heterocycles. The second-order valence-corrected chi connectivity index (χ2v) is 6.56. The first-order valence-corrected chi connectivity index (χ1v) is 8.96. The van der Waals surface area contributed by atoms with E-state index < -0.39 is 6.04 Å². The van der Waals surface area contributed by atoms with Crippen molar-refractivity contribution in [1.82, 2.24) is 25.0 Å². The van der Waals surface area contributed by atoms with Crippen LogP contribution in [0.4, 0.5) is 5.95 Å². The van der Waals surface area contributed by atoms with E-state index in [1.165, 1.54) is 23.9 Å². The van der Waals surface area contributed by atoms with Gasteiger partial charge in [0.1, 0.15) is 18.9 Å². The quantitative estimate of drug-likeness (QED) is 0.792. The number of hydrogen-bond donors (Lipinski definition) is 2. The predicted molar refractivity (Wildman–Crippen MR) is 90.9 cm³/mol. The molecule has 138 valence electrons. The molecule has 0 radical (unpaired) electrons. The van der Waals surface area contributed by atoms with E-state index in [0.29, 0.717) is 13.2 Å². The van der Waals surface area contributed by atoms with Crippen LogP contribution in [0, 0.1) is 0 Å². The van der Waals surface area contributed by atoms with Crippen LogP contribution in [0.2, 0.25) is 0 Å². The number of hydrogen-bond acceptors (Lipinski definition) is 6. The van der Waals surface area contributed by atoms with Crippen LogP contribution in [0.25, 0.3) is 0 Å². The Morgan fingerprint density at radius 3 is 2.80 bits per heavy atom. The Labute approximate surface area is 147 Å². The lowest BCUT2D eigenvalue weighted by Crippen LogP contribution is -2.53. The molecule has 3 rings (SSSR count). The minimum atomic E-state index is -0.431. The zero-order valence-electron chi connectivity index (χ0n) is 14.6. The van der Waals surface area contributed by atoms with Crippen LogP contribution in [0.15, 0.2) is 6.33 Å². The van der Waals surface area contributed by atoms with Crippen LogP contribution >= 0.6 is 0 Å². The molecule has 9 nitrogen and oxygen atoms in total. The SMILES string of the molecule is C[C@H]1OCCN[C@@H]1C(=O)Nc1ncn(CC(=O)N2CCCCCC2)n1. The van der Waals surface area contributed by atoms with Gasteiger partial charge in [-0.15, -0.1) is 5.10 Å². The Morgan fingerprint density at radius 1 is 1.32 bits per heavy atom. The number of likely N-dealkylation sites (tertiary alicyclic amines) is 1. The topological polar surface area (TPSA) is 101 Å². The molecule has 0 aromatic carbocycles. The first-order chi connectivity index (χ1) is 12.1. The Morgan fingerprint density at radius 2 is 2.08 bits per heavy atom. The first-order valence-electron chi connectivity index (χ1n) is 8.96. The number of ether oxygens (including phenoxy) is 1. The summed E-state index contributed by atoms with van der Waals surface area (Å²) in [5.41, 5.74) is 0. The van der Waals surface area contributed by atoms with Crippen molar-refractivity contribution in [2.24, 2.45) is 0 Å². The Kier molecular flexibility index (Phi) is 5.98. The van der Waals surface area contributed by atoms with Crippen molar-refractivity contribution in [2.75, 3.05) is 31.6 Å². The summed E-state index contributed by atoms with van der Waals surface area (Å²) >= 11 is 0. The molecule has 2 aliphatic rings. The molecule has 1 aromatic heterocycles. The van der Waals surface area contributed by atoms with Crippen LogP contribution in [0.1, 0.15) is 32.6 Å². The zero-order chi connectivity index (χ0) is 17.6. The zero-order valence-corrected chi connectivity index (χ0v) is 14.6. The van der Waals surface area contributed by atoms with E-state index in [1.807, 2.05) is 11.8 Å². The van der Waals surface area contributed by atoms with E-state index in [9.17, 15) is 9.59 Å². The second-order valence-electron chi connectivity index (χ2n) is 6.56. The van der Waals surface area contributed by atoms with Gasteiger partial charge >= 0.3 is 0 Å².